The summed E-state index contributed by atoms with van der Waals surface area (Å²) in [7, 11) is 0. The summed E-state index contributed by atoms with van der Waals surface area (Å²) in [6, 6.07) is 10.6. The molecule has 0 amide bonds. The molecular weight excluding hydrogens is 274 g/mol. The zero-order valence-electron chi connectivity index (χ0n) is 11.1. The number of aromatic nitrogens is 1. The van der Waals surface area contributed by atoms with E-state index in [4.69, 9.17) is 0 Å². The van der Waals surface area contributed by atoms with Crippen LogP contribution in [0.3, 0.4) is 0 Å². The lowest BCUT2D eigenvalue weighted by Crippen LogP contribution is -2.12. The first-order valence-corrected chi connectivity index (χ1v) is 7.10. The SMILES string of the molecule is CCNCc1cccnc1Sc1ccccc1[N+](=O)[O-]. The lowest BCUT2D eigenvalue weighted by atomic mass is 10.3. The summed E-state index contributed by atoms with van der Waals surface area (Å²) in [5.74, 6) is 0. The van der Waals surface area contributed by atoms with Gasteiger partial charge in [0.15, 0.2) is 0 Å². The summed E-state index contributed by atoms with van der Waals surface area (Å²) in [5.41, 5.74) is 1.15. The van der Waals surface area contributed by atoms with Crippen LogP contribution >= 0.6 is 11.8 Å². The van der Waals surface area contributed by atoms with Crippen LogP contribution in [-0.4, -0.2) is 16.5 Å². The third kappa shape index (κ3) is 3.55. The lowest BCUT2D eigenvalue weighted by Gasteiger charge is -2.08. The topological polar surface area (TPSA) is 68.1 Å². The van der Waals surface area contributed by atoms with E-state index in [1.54, 1.807) is 24.4 Å². The second-order valence-electron chi connectivity index (χ2n) is 4.07. The first-order chi connectivity index (χ1) is 9.72. The Morgan fingerprint density at radius 1 is 1.30 bits per heavy atom. The number of pyridine rings is 1. The van der Waals surface area contributed by atoms with Gasteiger partial charge in [-0.3, -0.25) is 10.1 Å². The van der Waals surface area contributed by atoms with Crippen molar-refractivity contribution in [2.45, 2.75) is 23.4 Å². The number of hydrogen-bond donors (Lipinski definition) is 1. The van der Waals surface area contributed by atoms with E-state index in [1.807, 2.05) is 19.1 Å². The average molecular weight is 289 g/mol. The molecule has 0 saturated heterocycles. The summed E-state index contributed by atoms with van der Waals surface area (Å²) in [5, 5.41) is 15.1. The van der Waals surface area contributed by atoms with Gasteiger partial charge in [0.2, 0.25) is 0 Å². The Labute approximate surface area is 121 Å². The first kappa shape index (κ1) is 14.5. The lowest BCUT2D eigenvalue weighted by molar-refractivity contribution is -0.387. The van der Waals surface area contributed by atoms with Gasteiger partial charge in [-0.1, -0.05) is 36.9 Å². The highest BCUT2D eigenvalue weighted by Gasteiger charge is 2.15. The van der Waals surface area contributed by atoms with E-state index in [0.717, 1.165) is 17.1 Å². The van der Waals surface area contributed by atoms with Crippen LogP contribution < -0.4 is 5.32 Å². The molecule has 0 aliphatic heterocycles. The number of nitro groups is 1. The number of benzene rings is 1. The minimum absolute atomic E-state index is 0.109. The number of rotatable bonds is 6. The smallest absolute Gasteiger partial charge is 0.283 e. The first-order valence-electron chi connectivity index (χ1n) is 6.28. The molecule has 0 fully saturated rings. The monoisotopic (exact) mass is 289 g/mol. The molecule has 1 aromatic heterocycles. The third-order valence-electron chi connectivity index (χ3n) is 2.68. The van der Waals surface area contributed by atoms with Crippen LogP contribution in [0.2, 0.25) is 0 Å². The second-order valence-corrected chi connectivity index (χ2v) is 5.11. The van der Waals surface area contributed by atoms with E-state index in [-0.39, 0.29) is 10.6 Å². The van der Waals surface area contributed by atoms with Gasteiger partial charge in [-0.25, -0.2) is 4.98 Å². The van der Waals surface area contributed by atoms with Crippen LogP contribution in [0.1, 0.15) is 12.5 Å². The molecule has 0 bridgehead atoms. The van der Waals surface area contributed by atoms with E-state index >= 15 is 0 Å². The Hall–Kier alpha value is -1.92. The van der Waals surface area contributed by atoms with E-state index in [2.05, 4.69) is 10.3 Å². The highest BCUT2D eigenvalue weighted by Crippen LogP contribution is 2.34. The maximum Gasteiger partial charge on any atom is 0.283 e. The fraction of sp³-hybridized carbons (Fsp3) is 0.214. The number of nitrogens with zero attached hydrogens (tertiary/aromatic N) is 2. The molecule has 20 heavy (non-hydrogen) atoms. The Kier molecular flexibility index (Phi) is 5.09. The van der Waals surface area contributed by atoms with Gasteiger partial charge in [0.25, 0.3) is 5.69 Å². The van der Waals surface area contributed by atoms with Crippen LogP contribution in [-0.2, 0) is 6.54 Å². The van der Waals surface area contributed by atoms with E-state index < -0.39 is 0 Å². The fourth-order valence-corrected chi connectivity index (χ4v) is 2.70. The zero-order chi connectivity index (χ0) is 14.4. The summed E-state index contributed by atoms with van der Waals surface area (Å²) < 4.78 is 0. The number of hydrogen-bond acceptors (Lipinski definition) is 5. The van der Waals surface area contributed by atoms with Gasteiger partial charge < -0.3 is 5.32 Å². The molecule has 1 heterocycles. The Bertz CT molecular complexity index is 604. The van der Waals surface area contributed by atoms with E-state index in [9.17, 15) is 10.1 Å². The van der Waals surface area contributed by atoms with Gasteiger partial charge in [-0.2, -0.15) is 0 Å². The van der Waals surface area contributed by atoms with Crippen molar-refractivity contribution in [3.8, 4) is 0 Å². The minimum atomic E-state index is -0.366. The summed E-state index contributed by atoms with van der Waals surface area (Å²) >= 11 is 1.33. The Morgan fingerprint density at radius 3 is 2.85 bits per heavy atom. The third-order valence-corrected chi connectivity index (χ3v) is 3.81. The molecule has 0 spiro atoms. The quantitative estimate of drug-likeness (QED) is 0.653. The van der Waals surface area contributed by atoms with Crippen molar-refractivity contribution in [2.24, 2.45) is 0 Å². The van der Waals surface area contributed by atoms with Crippen molar-refractivity contribution in [3.63, 3.8) is 0 Å². The summed E-state index contributed by atoms with van der Waals surface area (Å²) in [6.45, 7) is 3.60. The van der Waals surface area contributed by atoms with Crippen molar-refractivity contribution in [2.75, 3.05) is 6.54 Å². The van der Waals surface area contributed by atoms with Crippen molar-refractivity contribution in [1.82, 2.24) is 10.3 Å². The standard InChI is InChI=1S/C14H15N3O2S/c1-2-15-10-11-6-5-9-16-14(11)20-13-8-4-3-7-12(13)17(18)19/h3-9,15H,2,10H2,1H3. The van der Waals surface area contributed by atoms with Crippen molar-refractivity contribution < 1.29 is 4.92 Å². The molecule has 104 valence electrons. The number of para-hydroxylation sites is 1. The Morgan fingerprint density at radius 2 is 2.10 bits per heavy atom. The van der Waals surface area contributed by atoms with Crippen molar-refractivity contribution >= 4 is 17.4 Å². The zero-order valence-corrected chi connectivity index (χ0v) is 11.9. The maximum absolute atomic E-state index is 11.0. The molecule has 0 atom stereocenters. The molecule has 6 heteroatoms. The molecule has 0 radical (unpaired) electrons. The molecule has 0 aliphatic carbocycles. The molecular formula is C14H15N3O2S. The van der Waals surface area contributed by atoms with Gasteiger partial charge >= 0.3 is 0 Å². The van der Waals surface area contributed by atoms with Crippen LogP contribution in [0.25, 0.3) is 0 Å². The molecule has 0 unspecified atom stereocenters. The van der Waals surface area contributed by atoms with Crippen molar-refractivity contribution in [1.29, 1.82) is 0 Å². The normalized spacial score (nSPS) is 10.4. The van der Waals surface area contributed by atoms with Gasteiger partial charge in [0.05, 0.1) is 9.82 Å². The highest BCUT2D eigenvalue weighted by atomic mass is 32.2. The maximum atomic E-state index is 11.0. The number of nitrogens with one attached hydrogen (secondary N) is 1. The van der Waals surface area contributed by atoms with Crippen LogP contribution in [0.15, 0.2) is 52.5 Å². The van der Waals surface area contributed by atoms with Crippen molar-refractivity contribution in [3.05, 3.63) is 58.3 Å². The van der Waals surface area contributed by atoms with Gasteiger partial charge in [-0.15, -0.1) is 0 Å². The van der Waals surface area contributed by atoms with Gasteiger partial charge in [0.1, 0.15) is 5.03 Å². The largest absolute Gasteiger partial charge is 0.313 e. The summed E-state index contributed by atoms with van der Waals surface area (Å²) in [6.07, 6.45) is 1.70. The average Bonchev–Trinajstić information content (AvgIpc) is 2.47. The van der Waals surface area contributed by atoms with Crippen LogP contribution in [0.4, 0.5) is 5.69 Å². The van der Waals surface area contributed by atoms with E-state index in [1.165, 1.54) is 17.8 Å². The Balaban J connectivity index is 2.28. The highest BCUT2D eigenvalue weighted by molar-refractivity contribution is 7.99. The predicted octanol–water partition coefficient (Wildman–Crippen LogP) is 3.25. The van der Waals surface area contributed by atoms with Crippen LogP contribution in [0.5, 0.6) is 0 Å². The molecule has 1 aromatic carbocycles. The van der Waals surface area contributed by atoms with Crippen LogP contribution in [0, 0.1) is 10.1 Å². The van der Waals surface area contributed by atoms with Gasteiger partial charge in [-0.05, 0) is 24.2 Å². The summed E-state index contributed by atoms with van der Waals surface area (Å²) in [4.78, 5) is 15.6. The molecule has 5 nitrogen and oxygen atoms in total. The fourth-order valence-electron chi connectivity index (χ4n) is 1.71. The molecule has 2 rings (SSSR count). The predicted molar refractivity (Wildman–Crippen MR) is 78.8 cm³/mol. The molecule has 1 N–H and O–H groups in total. The van der Waals surface area contributed by atoms with E-state index in [0.29, 0.717) is 11.4 Å². The second kappa shape index (κ2) is 7.02. The number of nitro benzene ring substituents is 1. The molecule has 2 aromatic rings. The minimum Gasteiger partial charge on any atom is -0.313 e. The molecule has 0 saturated carbocycles. The van der Waals surface area contributed by atoms with Gasteiger partial charge in [0, 0.05) is 18.8 Å². The molecule has 0 aliphatic rings.